The number of hydrogen-bond donors (Lipinski definition) is 1. The lowest BCUT2D eigenvalue weighted by Gasteiger charge is -2.28. The molecule has 2 aliphatic rings. The van der Waals surface area contributed by atoms with Crippen molar-refractivity contribution in [2.24, 2.45) is 5.92 Å². The van der Waals surface area contributed by atoms with Gasteiger partial charge in [0.2, 0.25) is 0 Å². The first kappa shape index (κ1) is 9.07. The summed E-state index contributed by atoms with van der Waals surface area (Å²) in [5, 5.41) is 10.2. The average Bonchev–Trinajstić information content (AvgIpc) is 2.89. The van der Waals surface area contributed by atoms with Crippen LogP contribution in [0.5, 0.6) is 0 Å². The van der Waals surface area contributed by atoms with Gasteiger partial charge >= 0.3 is 0 Å². The molecule has 2 heteroatoms. The fourth-order valence-electron chi connectivity index (χ4n) is 1.92. The lowest BCUT2D eigenvalue weighted by atomic mass is 9.95. The monoisotopic (exact) mass is 182 g/mol. The van der Waals surface area contributed by atoms with Crippen LogP contribution in [-0.2, 0) is 4.74 Å². The molecule has 2 rings (SSSR count). The zero-order valence-corrected chi connectivity index (χ0v) is 8.25. The summed E-state index contributed by atoms with van der Waals surface area (Å²) in [7, 11) is 0. The van der Waals surface area contributed by atoms with Gasteiger partial charge in [-0.15, -0.1) is 0 Å². The highest BCUT2D eigenvalue weighted by Crippen LogP contribution is 2.39. The second-order valence-electron chi connectivity index (χ2n) is 4.48. The maximum Gasteiger partial charge on any atom is 0.123 e. The third-order valence-corrected chi connectivity index (χ3v) is 2.85. The maximum atomic E-state index is 10.2. The zero-order valence-electron chi connectivity index (χ0n) is 8.25. The highest BCUT2D eigenvalue weighted by Gasteiger charge is 2.35. The van der Waals surface area contributed by atoms with Crippen LogP contribution in [0.3, 0.4) is 0 Å². The van der Waals surface area contributed by atoms with E-state index < -0.39 is 5.60 Å². The Kier molecular flexibility index (Phi) is 2.33. The van der Waals surface area contributed by atoms with Crippen molar-refractivity contribution in [3.63, 3.8) is 0 Å². The molecule has 74 valence electrons. The highest BCUT2D eigenvalue weighted by atomic mass is 16.5. The van der Waals surface area contributed by atoms with Crippen molar-refractivity contribution in [1.82, 2.24) is 0 Å². The van der Waals surface area contributed by atoms with Crippen LogP contribution in [0.1, 0.15) is 39.0 Å². The summed E-state index contributed by atoms with van der Waals surface area (Å²) in [4.78, 5) is 0. The largest absolute Gasteiger partial charge is 0.495 e. The van der Waals surface area contributed by atoms with Gasteiger partial charge in [-0.25, -0.2) is 0 Å². The van der Waals surface area contributed by atoms with Crippen molar-refractivity contribution < 1.29 is 9.84 Å². The second-order valence-corrected chi connectivity index (χ2v) is 4.48. The molecule has 1 aliphatic heterocycles. The Morgan fingerprint density at radius 2 is 2.38 bits per heavy atom. The topological polar surface area (TPSA) is 29.5 Å². The third-order valence-electron chi connectivity index (χ3n) is 2.85. The van der Waals surface area contributed by atoms with Gasteiger partial charge in [0.1, 0.15) is 11.4 Å². The van der Waals surface area contributed by atoms with E-state index >= 15 is 0 Å². The van der Waals surface area contributed by atoms with Crippen molar-refractivity contribution in [1.29, 1.82) is 0 Å². The summed E-state index contributed by atoms with van der Waals surface area (Å²) in [6.07, 6.45) is 7.62. The van der Waals surface area contributed by atoms with Crippen LogP contribution in [0.25, 0.3) is 0 Å². The van der Waals surface area contributed by atoms with E-state index in [1.165, 1.54) is 12.8 Å². The molecule has 0 aromatic rings. The SMILES string of the molecule is CC(O)(CC1CC1)C1=CCCCO1. The van der Waals surface area contributed by atoms with Crippen molar-refractivity contribution in [2.75, 3.05) is 6.61 Å². The summed E-state index contributed by atoms with van der Waals surface area (Å²) >= 11 is 0. The van der Waals surface area contributed by atoms with Crippen LogP contribution in [0, 0.1) is 5.92 Å². The average molecular weight is 182 g/mol. The molecule has 1 atom stereocenters. The summed E-state index contributed by atoms with van der Waals surface area (Å²) in [6.45, 7) is 2.65. The molecule has 1 N–H and O–H groups in total. The molecule has 1 unspecified atom stereocenters. The number of rotatable bonds is 3. The molecule has 0 aromatic carbocycles. The Labute approximate surface area is 79.6 Å². The molecule has 1 heterocycles. The van der Waals surface area contributed by atoms with E-state index in [1.54, 1.807) is 0 Å². The third kappa shape index (κ3) is 2.25. The van der Waals surface area contributed by atoms with Crippen LogP contribution < -0.4 is 0 Å². The number of ether oxygens (including phenoxy) is 1. The molecule has 1 saturated carbocycles. The molecule has 0 bridgehead atoms. The van der Waals surface area contributed by atoms with Gasteiger partial charge in [-0.05, 0) is 38.2 Å². The van der Waals surface area contributed by atoms with Crippen LogP contribution in [0.2, 0.25) is 0 Å². The normalized spacial score (nSPS) is 27.4. The summed E-state index contributed by atoms with van der Waals surface area (Å²) in [5.74, 6) is 1.55. The molecule has 1 fully saturated rings. The Balaban J connectivity index is 1.98. The zero-order chi connectivity index (χ0) is 9.31. The first-order chi connectivity index (χ1) is 6.18. The molecule has 0 spiro atoms. The van der Waals surface area contributed by atoms with Gasteiger partial charge in [0.25, 0.3) is 0 Å². The molecule has 1 aliphatic carbocycles. The van der Waals surface area contributed by atoms with E-state index in [4.69, 9.17) is 4.74 Å². The fourth-order valence-corrected chi connectivity index (χ4v) is 1.92. The Bertz CT molecular complexity index is 214. The minimum absolute atomic E-state index is 0.707. The van der Waals surface area contributed by atoms with Gasteiger partial charge in [-0.3, -0.25) is 0 Å². The quantitative estimate of drug-likeness (QED) is 0.725. The van der Waals surface area contributed by atoms with Crippen molar-refractivity contribution in [3.05, 3.63) is 11.8 Å². The van der Waals surface area contributed by atoms with E-state index in [2.05, 4.69) is 0 Å². The van der Waals surface area contributed by atoms with Crippen LogP contribution >= 0.6 is 0 Å². The first-order valence-corrected chi connectivity index (χ1v) is 5.24. The van der Waals surface area contributed by atoms with Gasteiger partial charge in [-0.1, -0.05) is 12.8 Å². The molecule has 0 saturated heterocycles. The van der Waals surface area contributed by atoms with Gasteiger partial charge in [0.15, 0.2) is 0 Å². The second kappa shape index (κ2) is 3.33. The number of hydrogen-bond acceptors (Lipinski definition) is 2. The predicted octanol–water partition coefficient (Wildman–Crippen LogP) is 2.23. The van der Waals surface area contributed by atoms with Gasteiger partial charge in [-0.2, -0.15) is 0 Å². The van der Waals surface area contributed by atoms with Crippen molar-refractivity contribution >= 4 is 0 Å². The molecule has 13 heavy (non-hydrogen) atoms. The van der Waals surface area contributed by atoms with Gasteiger partial charge in [0, 0.05) is 0 Å². The molecule has 2 nitrogen and oxygen atoms in total. The van der Waals surface area contributed by atoms with E-state index in [9.17, 15) is 5.11 Å². The Morgan fingerprint density at radius 1 is 1.62 bits per heavy atom. The molecular formula is C11H18O2. The number of allylic oxidation sites excluding steroid dienone is 1. The highest BCUT2D eigenvalue weighted by molar-refractivity contribution is 5.11. The van der Waals surface area contributed by atoms with Crippen molar-refractivity contribution in [3.8, 4) is 0 Å². The molecule has 0 amide bonds. The van der Waals surface area contributed by atoms with E-state index in [1.807, 2.05) is 13.0 Å². The number of aliphatic hydroxyl groups is 1. The van der Waals surface area contributed by atoms with Crippen LogP contribution in [0.4, 0.5) is 0 Å². The fraction of sp³-hybridized carbons (Fsp3) is 0.818. The van der Waals surface area contributed by atoms with Gasteiger partial charge < -0.3 is 9.84 Å². The van der Waals surface area contributed by atoms with Crippen LogP contribution in [-0.4, -0.2) is 17.3 Å². The van der Waals surface area contributed by atoms with Gasteiger partial charge in [0.05, 0.1) is 6.61 Å². The minimum atomic E-state index is -0.707. The summed E-state index contributed by atoms with van der Waals surface area (Å²) < 4.78 is 5.48. The summed E-state index contributed by atoms with van der Waals surface area (Å²) in [6, 6.07) is 0. The van der Waals surface area contributed by atoms with E-state index in [-0.39, 0.29) is 0 Å². The lowest BCUT2D eigenvalue weighted by molar-refractivity contribution is 0.00807. The predicted molar refractivity (Wildman–Crippen MR) is 51.2 cm³/mol. The lowest BCUT2D eigenvalue weighted by Crippen LogP contribution is -2.30. The molecular weight excluding hydrogens is 164 g/mol. The first-order valence-electron chi connectivity index (χ1n) is 5.24. The standard InChI is InChI=1S/C11H18O2/c1-11(12,8-9-5-6-9)10-4-2-3-7-13-10/h4,9,12H,2-3,5-8H2,1H3. The van der Waals surface area contributed by atoms with Crippen LogP contribution in [0.15, 0.2) is 11.8 Å². The Hall–Kier alpha value is -0.500. The van der Waals surface area contributed by atoms with Crippen molar-refractivity contribution in [2.45, 2.75) is 44.6 Å². The molecule has 0 aromatic heterocycles. The Morgan fingerprint density at radius 3 is 2.92 bits per heavy atom. The maximum absolute atomic E-state index is 10.2. The summed E-state index contributed by atoms with van der Waals surface area (Å²) in [5.41, 5.74) is -0.707. The minimum Gasteiger partial charge on any atom is -0.495 e. The van der Waals surface area contributed by atoms with E-state index in [0.717, 1.165) is 37.5 Å². The van der Waals surface area contributed by atoms with E-state index in [0.29, 0.717) is 0 Å². The smallest absolute Gasteiger partial charge is 0.123 e. The molecule has 0 radical (unpaired) electrons.